The molecule has 0 spiro atoms. The Labute approximate surface area is 136 Å². The number of nitrogens with zero attached hydrogens (tertiary/aromatic N) is 3. The van der Waals surface area contributed by atoms with Crippen molar-refractivity contribution < 1.29 is 4.79 Å². The molecule has 2 heterocycles. The monoisotopic (exact) mass is 313 g/mol. The number of benzene rings is 1. The van der Waals surface area contributed by atoms with Crippen LogP contribution >= 0.6 is 0 Å². The molecule has 1 fully saturated rings. The molecule has 3 rings (SSSR count). The zero-order valence-corrected chi connectivity index (χ0v) is 13.2. The van der Waals surface area contributed by atoms with Crippen molar-refractivity contribution in [3.8, 4) is 0 Å². The van der Waals surface area contributed by atoms with E-state index in [4.69, 9.17) is 0 Å². The van der Waals surface area contributed by atoms with E-state index in [1.807, 2.05) is 6.07 Å². The van der Waals surface area contributed by atoms with Gasteiger partial charge in [-0.1, -0.05) is 43.2 Å². The zero-order valence-electron chi connectivity index (χ0n) is 13.2. The average Bonchev–Trinajstić information content (AvgIpc) is 3.00. The third-order valence-electron chi connectivity index (χ3n) is 4.37. The maximum absolute atomic E-state index is 12.1. The minimum atomic E-state index is -0.186. The van der Waals surface area contributed by atoms with Crippen molar-refractivity contribution in [1.29, 1.82) is 0 Å². The predicted molar refractivity (Wildman–Crippen MR) is 87.9 cm³/mol. The molecular formula is C17H23N5O. The van der Waals surface area contributed by atoms with Crippen LogP contribution in [0.2, 0.25) is 0 Å². The van der Waals surface area contributed by atoms with Crippen molar-refractivity contribution in [2.45, 2.75) is 31.7 Å². The number of carbonyl (C=O) groups excluding carboxylic acids is 1. The molecule has 0 saturated carbocycles. The lowest BCUT2D eigenvalue weighted by Gasteiger charge is -2.31. The second-order valence-electron chi connectivity index (χ2n) is 5.94. The first kappa shape index (κ1) is 15.7. The molecule has 1 aromatic heterocycles. The number of carbonyl (C=O) groups is 1. The number of likely N-dealkylation sites (tertiary alicyclic amines) is 1. The van der Waals surface area contributed by atoms with Gasteiger partial charge >= 0.3 is 0 Å². The fourth-order valence-electron chi connectivity index (χ4n) is 3.13. The summed E-state index contributed by atoms with van der Waals surface area (Å²) in [6, 6.07) is 10.6. The second kappa shape index (κ2) is 7.87. The summed E-state index contributed by atoms with van der Waals surface area (Å²) in [7, 11) is 0. The summed E-state index contributed by atoms with van der Waals surface area (Å²) in [6.07, 6.45) is 6.48. The Kier molecular flexibility index (Phi) is 5.37. The van der Waals surface area contributed by atoms with Crippen LogP contribution < -0.4 is 5.32 Å². The van der Waals surface area contributed by atoms with Gasteiger partial charge in [-0.2, -0.15) is 15.4 Å². The van der Waals surface area contributed by atoms with Gasteiger partial charge in [-0.05, 0) is 31.5 Å². The van der Waals surface area contributed by atoms with Crippen LogP contribution in [0.5, 0.6) is 0 Å². The Morgan fingerprint density at radius 1 is 1.17 bits per heavy atom. The van der Waals surface area contributed by atoms with E-state index < -0.39 is 0 Å². The van der Waals surface area contributed by atoms with Gasteiger partial charge < -0.3 is 5.32 Å². The molecule has 6 nitrogen and oxygen atoms in total. The minimum absolute atomic E-state index is 0.186. The van der Waals surface area contributed by atoms with Crippen LogP contribution in [0.25, 0.3) is 0 Å². The maximum atomic E-state index is 12.1. The fraction of sp³-hybridized carbons (Fsp3) is 0.471. The molecule has 0 bridgehead atoms. The first-order valence-corrected chi connectivity index (χ1v) is 8.27. The highest BCUT2D eigenvalue weighted by Crippen LogP contribution is 2.23. The Morgan fingerprint density at radius 2 is 1.91 bits per heavy atom. The molecule has 23 heavy (non-hydrogen) atoms. The molecule has 1 aliphatic heterocycles. The van der Waals surface area contributed by atoms with E-state index in [1.165, 1.54) is 37.4 Å². The van der Waals surface area contributed by atoms with Crippen molar-refractivity contribution in [2.24, 2.45) is 0 Å². The molecule has 0 radical (unpaired) electrons. The molecule has 0 unspecified atom stereocenters. The first-order valence-electron chi connectivity index (χ1n) is 8.27. The van der Waals surface area contributed by atoms with Crippen molar-refractivity contribution in [3.63, 3.8) is 0 Å². The molecule has 1 atom stereocenters. The molecule has 1 aliphatic rings. The summed E-state index contributed by atoms with van der Waals surface area (Å²) >= 11 is 0. The first-order chi connectivity index (χ1) is 11.3. The lowest BCUT2D eigenvalue weighted by Crippen LogP contribution is -2.38. The van der Waals surface area contributed by atoms with Gasteiger partial charge in [0.05, 0.1) is 12.2 Å². The van der Waals surface area contributed by atoms with Crippen LogP contribution in [0.4, 0.5) is 0 Å². The third kappa shape index (κ3) is 4.16. The van der Waals surface area contributed by atoms with Gasteiger partial charge in [-0.3, -0.25) is 9.69 Å². The molecule has 2 aromatic rings. The molecule has 0 aliphatic carbocycles. The SMILES string of the molecule is O=C(NC[C@@H](c1ccccc1)N1CCCCCC1)c1cn[nH]n1. The topological polar surface area (TPSA) is 73.9 Å². The van der Waals surface area contributed by atoms with Gasteiger partial charge in [0, 0.05) is 6.54 Å². The number of H-pyrrole nitrogens is 1. The van der Waals surface area contributed by atoms with E-state index in [0.717, 1.165) is 13.1 Å². The normalized spacial score (nSPS) is 17.4. The Balaban J connectivity index is 1.71. The maximum Gasteiger partial charge on any atom is 0.273 e. The van der Waals surface area contributed by atoms with Crippen LogP contribution in [-0.2, 0) is 0 Å². The molecule has 1 aromatic carbocycles. The Bertz CT molecular complexity index is 591. The third-order valence-corrected chi connectivity index (χ3v) is 4.37. The number of rotatable bonds is 5. The standard InChI is InChI=1S/C17H23N5O/c23-17(15-12-19-21-20-15)18-13-16(14-8-4-3-5-9-14)22-10-6-1-2-7-11-22/h3-5,8-9,12,16H,1-2,6-7,10-11,13H2,(H,18,23)(H,19,20,21)/t16-/m0/s1. The Hall–Kier alpha value is -2.21. The summed E-state index contributed by atoms with van der Waals surface area (Å²) in [5.41, 5.74) is 1.57. The molecule has 1 amide bonds. The highest BCUT2D eigenvalue weighted by molar-refractivity contribution is 5.91. The van der Waals surface area contributed by atoms with Crippen LogP contribution in [0.15, 0.2) is 36.5 Å². The van der Waals surface area contributed by atoms with Gasteiger partial charge in [-0.15, -0.1) is 0 Å². The van der Waals surface area contributed by atoms with Crippen LogP contribution in [0.1, 0.15) is 47.8 Å². The number of amides is 1. The van der Waals surface area contributed by atoms with Crippen molar-refractivity contribution in [1.82, 2.24) is 25.6 Å². The molecular weight excluding hydrogens is 290 g/mol. The van der Waals surface area contributed by atoms with Gasteiger partial charge in [-0.25, -0.2) is 0 Å². The molecule has 122 valence electrons. The van der Waals surface area contributed by atoms with E-state index >= 15 is 0 Å². The summed E-state index contributed by atoms with van der Waals surface area (Å²) in [6.45, 7) is 2.74. The largest absolute Gasteiger partial charge is 0.349 e. The number of aromatic amines is 1. The molecule has 6 heteroatoms. The van der Waals surface area contributed by atoms with Gasteiger partial charge in [0.2, 0.25) is 0 Å². The van der Waals surface area contributed by atoms with Gasteiger partial charge in [0.1, 0.15) is 0 Å². The van der Waals surface area contributed by atoms with Crippen molar-refractivity contribution in [3.05, 3.63) is 47.8 Å². The van der Waals surface area contributed by atoms with E-state index in [1.54, 1.807) is 0 Å². The van der Waals surface area contributed by atoms with Crippen molar-refractivity contribution in [2.75, 3.05) is 19.6 Å². The fourth-order valence-corrected chi connectivity index (χ4v) is 3.13. The van der Waals surface area contributed by atoms with Crippen LogP contribution in [-0.4, -0.2) is 45.9 Å². The zero-order chi connectivity index (χ0) is 15.9. The summed E-state index contributed by atoms with van der Waals surface area (Å²) in [5.74, 6) is -0.186. The van der Waals surface area contributed by atoms with Crippen molar-refractivity contribution >= 4 is 5.91 Å². The number of hydrogen-bond donors (Lipinski definition) is 2. The highest BCUT2D eigenvalue weighted by atomic mass is 16.2. The number of nitrogens with one attached hydrogen (secondary N) is 2. The quantitative estimate of drug-likeness (QED) is 0.887. The molecule has 1 saturated heterocycles. The lowest BCUT2D eigenvalue weighted by atomic mass is 10.0. The van der Waals surface area contributed by atoms with Gasteiger partial charge in [0.25, 0.3) is 5.91 Å². The Morgan fingerprint density at radius 3 is 2.57 bits per heavy atom. The highest BCUT2D eigenvalue weighted by Gasteiger charge is 2.22. The smallest absolute Gasteiger partial charge is 0.273 e. The van der Waals surface area contributed by atoms with E-state index in [2.05, 4.69) is 49.9 Å². The average molecular weight is 313 g/mol. The summed E-state index contributed by atoms with van der Waals surface area (Å²) in [5, 5.41) is 13.0. The predicted octanol–water partition coefficient (Wildman–Crippen LogP) is 2.15. The summed E-state index contributed by atoms with van der Waals surface area (Å²) < 4.78 is 0. The van der Waals surface area contributed by atoms with Crippen LogP contribution in [0.3, 0.4) is 0 Å². The number of aromatic nitrogens is 3. The van der Waals surface area contributed by atoms with E-state index in [0.29, 0.717) is 12.2 Å². The minimum Gasteiger partial charge on any atom is -0.349 e. The van der Waals surface area contributed by atoms with E-state index in [-0.39, 0.29) is 11.9 Å². The molecule has 2 N–H and O–H groups in total. The lowest BCUT2D eigenvalue weighted by molar-refractivity contribution is 0.0928. The number of hydrogen-bond acceptors (Lipinski definition) is 4. The second-order valence-corrected chi connectivity index (χ2v) is 5.94. The van der Waals surface area contributed by atoms with Gasteiger partial charge in [0.15, 0.2) is 5.69 Å². The summed E-state index contributed by atoms with van der Waals surface area (Å²) in [4.78, 5) is 14.6. The van der Waals surface area contributed by atoms with E-state index in [9.17, 15) is 4.79 Å². The van der Waals surface area contributed by atoms with Crippen LogP contribution in [0, 0.1) is 0 Å².